The van der Waals surface area contributed by atoms with E-state index in [2.05, 4.69) is 38.9 Å². The van der Waals surface area contributed by atoms with Gasteiger partial charge in [-0.25, -0.2) is 4.98 Å². The van der Waals surface area contributed by atoms with Crippen molar-refractivity contribution in [3.63, 3.8) is 0 Å². The average molecular weight is 256 g/mol. The van der Waals surface area contributed by atoms with Gasteiger partial charge in [0, 0.05) is 12.2 Å². The zero-order valence-corrected chi connectivity index (χ0v) is 9.79. The molecule has 1 unspecified atom stereocenters. The van der Waals surface area contributed by atoms with Crippen LogP contribution < -0.4 is 5.73 Å². The smallest absolute Gasteiger partial charge is 0.137 e. The van der Waals surface area contributed by atoms with Gasteiger partial charge in [0.05, 0.1) is 4.47 Å². The van der Waals surface area contributed by atoms with Gasteiger partial charge in [-0.2, -0.15) is 0 Å². The van der Waals surface area contributed by atoms with Crippen LogP contribution in [0.15, 0.2) is 16.7 Å². The highest BCUT2D eigenvalue weighted by molar-refractivity contribution is 9.10. The second-order valence-corrected chi connectivity index (χ2v) is 4.63. The fourth-order valence-corrected chi connectivity index (χ4v) is 2.34. The Labute approximate surface area is 92.4 Å². The SMILES string of the molecule is CN1CCCC1c1cnc(N)c(Br)c1. The lowest BCUT2D eigenvalue weighted by atomic mass is 10.1. The van der Waals surface area contributed by atoms with Crippen LogP contribution in [0.4, 0.5) is 5.82 Å². The standard InChI is InChI=1S/C10H14BrN3/c1-14-4-2-3-9(14)7-5-8(11)10(12)13-6-7/h5-6,9H,2-4H2,1H3,(H2,12,13). The van der Waals surface area contributed by atoms with E-state index in [-0.39, 0.29) is 0 Å². The molecule has 0 radical (unpaired) electrons. The fraction of sp³-hybridized carbons (Fsp3) is 0.500. The molecular weight excluding hydrogens is 242 g/mol. The molecule has 1 aliphatic rings. The van der Waals surface area contributed by atoms with Crippen molar-refractivity contribution in [3.05, 3.63) is 22.3 Å². The predicted molar refractivity (Wildman–Crippen MR) is 61.0 cm³/mol. The lowest BCUT2D eigenvalue weighted by Gasteiger charge is -2.19. The maximum Gasteiger partial charge on any atom is 0.137 e. The van der Waals surface area contributed by atoms with Crippen molar-refractivity contribution in [1.29, 1.82) is 0 Å². The highest BCUT2D eigenvalue weighted by Gasteiger charge is 2.23. The van der Waals surface area contributed by atoms with Gasteiger partial charge in [-0.15, -0.1) is 0 Å². The van der Waals surface area contributed by atoms with E-state index in [4.69, 9.17) is 5.73 Å². The molecule has 1 aliphatic heterocycles. The number of anilines is 1. The molecule has 1 fully saturated rings. The van der Waals surface area contributed by atoms with Crippen LogP contribution in [0.3, 0.4) is 0 Å². The molecule has 2 rings (SSSR count). The molecule has 4 heteroatoms. The van der Waals surface area contributed by atoms with Gasteiger partial charge in [0.2, 0.25) is 0 Å². The van der Waals surface area contributed by atoms with E-state index in [1.807, 2.05) is 6.20 Å². The van der Waals surface area contributed by atoms with Gasteiger partial charge >= 0.3 is 0 Å². The summed E-state index contributed by atoms with van der Waals surface area (Å²) in [5, 5.41) is 0. The average Bonchev–Trinajstić information content (AvgIpc) is 2.57. The number of hydrogen-bond acceptors (Lipinski definition) is 3. The van der Waals surface area contributed by atoms with Gasteiger partial charge in [0.1, 0.15) is 5.82 Å². The van der Waals surface area contributed by atoms with Gasteiger partial charge in [-0.1, -0.05) is 0 Å². The quantitative estimate of drug-likeness (QED) is 0.837. The maximum absolute atomic E-state index is 5.65. The van der Waals surface area contributed by atoms with Crippen molar-refractivity contribution >= 4 is 21.7 Å². The predicted octanol–water partition coefficient (Wildman–Crippen LogP) is 2.19. The van der Waals surface area contributed by atoms with Crippen LogP contribution in [0, 0.1) is 0 Å². The van der Waals surface area contributed by atoms with E-state index < -0.39 is 0 Å². The summed E-state index contributed by atoms with van der Waals surface area (Å²) in [6.45, 7) is 1.17. The number of aromatic nitrogens is 1. The van der Waals surface area contributed by atoms with Crippen molar-refractivity contribution in [3.8, 4) is 0 Å². The molecule has 3 nitrogen and oxygen atoms in total. The highest BCUT2D eigenvalue weighted by Crippen LogP contribution is 2.32. The van der Waals surface area contributed by atoms with Crippen LogP contribution in [-0.2, 0) is 0 Å². The van der Waals surface area contributed by atoms with Crippen molar-refractivity contribution in [1.82, 2.24) is 9.88 Å². The monoisotopic (exact) mass is 255 g/mol. The van der Waals surface area contributed by atoms with Crippen molar-refractivity contribution < 1.29 is 0 Å². The summed E-state index contributed by atoms with van der Waals surface area (Å²) < 4.78 is 0.898. The normalized spacial score (nSPS) is 22.9. The molecule has 1 aromatic rings. The summed E-state index contributed by atoms with van der Waals surface area (Å²) in [5.41, 5.74) is 6.91. The molecule has 14 heavy (non-hydrogen) atoms. The topological polar surface area (TPSA) is 42.2 Å². The summed E-state index contributed by atoms with van der Waals surface area (Å²) in [6.07, 6.45) is 4.37. The lowest BCUT2D eigenvalue weighted by molar-refractivity contribution is 0.317. The second kappa shape index (κ2) is 3.87. The third-order valence-corrected chi connectivity index (χ3v) is 3.43. The molecule has 1 saturated heterocycles. The Kier molecular flexibility index (Phi) is 2.74. The van der Waals surface area contributed by atoms with Crippen LogP contribution in [0.5, 0.6) is 0 Å². The zero-order valence-electron chi connectivity index (χ0n) is 8.20. The summed E-state index contributed by atoms with van der Waals surface area (Å²) in [7, 11) is 2.15. The third kappa shape index (κ3) is 1.77. The zero-order chi connectivity index (χ0) is 10.1. The minimum Gasteiger partial charge on any atom is -0.383 e. The molecule has 0 amide bonds. The second-order valence-electron chi connectivity index (χ2n) is 3.77. The van der Waals surface area contributed by atoms with E-state index in [1.165, 1.54) is 24.9 Å². The highest BCUT2D eigenvalue weighted by atomic mass is 79.9. The summed E-state index contributed by atoms with van der Waals surface area (Å²) in [4.78, 5) is 6.52. The number of pyridine rings is 1. The number of likely N-dealkylation sites (tertiary alicyclic amines) is 1. The number of halogens is 1. The van der Waals surface area contributed by atoms with Crippen LogP contribution in [0.25, 0.3) is 0 Å². The molecule has 76 valence electrons. The van der Waals surface area contributed by atoms with Crippen molar-refractivity contribution in [2.75, 3.05) is 19.3 Å². The van der Waals surface area contributed by atoms with Crippen LogP contribution in [0.1, 0.15) is 24.4 Å². The van der Waals surface area contributed by atoms with E-state index in [0.717, 1.165) is 4.47 Å². The molecule has 2 N–H and O–H groups in total. The maximum atomic E-state index is 5.65. The van der Waals surface area contributed by atoms with Crippen molar-refractivity contribution in [2.45, 2.75) is 18.9 Å². The summed E-state index contributed by atoms with van der Waals surface area (Å²) in [6, 6.07) is 2.59. The Hall–Kier alpha value is -0.610. The molecular formula is C10H14BrN3. The van der Waals surface area contributed by atoms with E-state index >= 15 is 0 Å². The number of nitrogens with two attached hydrogens (primary N) is 1. The van der Waals surface area contributed by atoms with Crippen LogP contribution >= 0.6 is 15.9 Å². The number of nitrogen functional groups attached to an aromatic ring is 1. The first kappa shape index (κ1) is 9.93. The molecule has 1 atom stereocenters. The number of hydrogen-bond donors (Lipinski definition) is 1. The largest absolute Gasteiger partial charge is 0.383 e. The number of rotatable bonds is 1. The Balaban J connectivity index is 2.28. The summed E-state index contributed by atoms with van der Waals surface area (Å²) in [5.74, 6) is 0.564. The van der Waals surface area contributed by atoms with E-state index in [0.29, 0.717) is 11.9 Å². The Morgan fingerprint density at radius 2 is 2.43 bits per heavy atom. The Bertz CT molecular complexity index is 340. The molecule has 1 aromatic heterocycles. The first-order chi connectivity index (χ1) is 6.68. The number of nitrogens with zero attached hydrogens (tertiary/aromatic N) is 2. The molecule has 0 spiro atoms. The van der Waals surface area contributed by atoms with Gasteiger partial charge < -0.3 is 5.73 Å². The van der Waals surface area contributed by atoms with Gasteiger partial charge in [-0.3, -0.25) is 4.90 Å². The van der Waals surface area contributed by atoms with Gasteiger partial charge in [0.25, 0.3) is 0 Å². The van der Waals surface area contributed by atoms with Gasteiger partial charge in [-0.05, 0) is 54.0 Å². The fourth-order valence-electron chi connectivity index (χ4n) is 1.98. The Morgan fingerprint density at radius 3 is 3.00 bits per heavy atom. The lowest BCUT2D eigenvalue weighted by Crippen LogP contribution is -2.17. The van der Waals surface area contributed by atoms with Gasteiger partial charge in [0.15, 0.2) is 0 Å². The molecule has 0 saturated carbocycles. The molecule has 0 aliphatic carbocycles. The molecule has 0 aromatic carbocycles. The third-order valence-electron chi connectivity index (χ3n) is 2.80. The minimum atomic E-state index is 0.513. The van der Waals surface area contributed by atoms with Crippen LogP contribution in [0.2, 0.25) is 0 Å². The van der Waals surface area contributed by atoms with Crippen molar-refractivity contribution in [2.24, 2.45) is 0 Å². The van der Waals surface area contributed by atoms with E-state index in [9.17, 15) is 0 Å². The summed E-state index contributed by atoms with van der Waals surface area (Å²) >= 11 is 3.41. The first-order valence-electron chi connectivity index (χ1n) is 4.79. The van der Waals surface area contributed by atoms with Crippen LogP contribution in [-0.4, -0.2) is 23.5 Å². The molecule has 2 heterocycles. The minimum absolute atomic E-state index is 0.513. The first-order valence-corrected chi connectivity index (χ1v) is 5.59. The van der Waals surface area contributed by atoms with E-state index in [1.54, 1.807) is 0 Å². The Morgan fingerprint density at radius 1 is 1.64 bits per heavy atom. The molecule has 0 bridgehead atoms.